The van der Waals surface area contributed by atoms with Gasteiger partial charge in [0.25, 0.3) is 11.5 Å². The van der Waals surface area contributed by atoms with Gasteiger partial charge in [-0.15, -0.1) is 0 Å². The third-order valence-electron chi connectivity index (χ3n) is 7.04. The monoisotopic (exact) mass is 626 g/mol. The number of hydrogen-bond donors (Lipinski definition) is 1. The van der Waals surface area contributed by atoms with Crippen LogP contribution in [0.1, 0.15) is 46.6 Å². The van der Waals surface area contributed by atoms with Crippen molar-refractivity contribution in [1.82, 2.24) is 14.8 Å². The molecule has 0 aliphatic carbocycles. The molecule has 1 fully saturated rings. The topological polar surface area (TPSA) is 76.7 Å². The van der Waals surface area contributed by atoms with E-state index in [1.54, 1.807) is 35.0 Å². The van der Waals surface area contributed by atoms with Gasteiger partial charge in [-0.2, -0.15) is 8.78 Å². The van der Waals surface area contributed by atoms with Gasteiger partial charge in [-0.3, -0.25) is 14.5 Å². The maximum Gasteiger partial charge on any atom is 0.362 e. The molecule has 5 rings (SSSR count). The van der Waals surface area contributed by atoms with Crippen LogP contribution in [-0.4, -0.2) is 46.9 Å². The van der Waals surface area contributed by atoms with Gasteiger partial charge in [-0.25, -0.2) is 4.79 Å². The first kappa shape index (κ1) is 28.7. The van der Waals surface area contributed by atoms with Crippen molar-refractivity contribution in [3.05, 3.63) is 85.2 Å². The summed E-state index contributed by atoms with van der Waals surface area (Å²) in [5, 5.41) is -3.43. The third kappa shape index (κ3) is 5.30. The minimum absolute atomic E-state index is 0.0649. The Balaban J connectivity index is 1.52. The second-order valence-corrected chi connectivity index (χ2v) is 11.9. The number of H-pyrrole nitrogens is 1. The highest BCUT2D eigenvalue weighted by Crippen LogP contribution is 2.43. The van der Waals surface area contributed by atoms with E-state index < -0.39 is 28.6 Å². The van der Waals surface area contributed by atoms with Gasteiger partial charge in [-0.05, 0) is 66.4 Å². The lowest BCUT2D eigenvalue weighted by molar-refractivity contribution is 0.0695. The molecule has 3 aromatic rings. The third-order valence-corrected chi connectivity index (χ3v) is 9.28. The van der Waals surface area contributed by atoms with E-state index in [-0.39, 0.29) is 33.1 Å². The molecule has 1 saturated heterocycles. The van der Waals surface area contributed by atoms with Gasteiger partial charge in [0.1, 0.15) is 11.3 Å². The zero-order chi connectivity index (χ0) is 28.9. The Morgan fingerprint density at radius 1 is 1.10 bits per heavy atom. The number of aromatic nitrogens is 1. The number of pyridine rings is 1. The first-order chi connectivity index (χ1) is 18.9. The molecule has 40 heavy (non-hydrogen) atoms. The maximum atomic E-state index is 14.0. The van der Waals surface area contributed by atoms with Crippen LogP contribution >= 0.6 is 46.6 Å². The zero-order valence-corrected chi connectivity index (χ0v) is 24.4. The number of rotatable bonds is 5. The average molecular weight is 628 g/mol. The van der Waals surface area contributed by atoms with Gasteiger partial charge in [-0.1, -0.05) is 47.1 Å². The Morgan fingerprint density at radius 2 is 1.80 bits per heavy atom. The van der Waals surface area contributed by atoms with Crippen molar-refractivity contribution in [2.75, 3.05) is 25.0 Å². The van der Waals surface area contributed by atoms with Crippen molar-refractivity contribution in [2.45, 2.75) is 41.1 Å². The van der Waals surface area contributed by atoms with Gasteiger partial charge in [0, 0.05) is 42.2 Å². The van der Waals surface area contributed by atoms with Gasteiger partial charge < -0.3 is 14.8 Å². The first-order valence-corrected chi connectivity index (χ1v) is 14.2. The van der Waals surface area contributed by atoms with Crippen molar-refractivity contribution in [1.29, 1.82) is 0 Å². The standard InChI is InChI=1S/C27H23Cl3F2N4O3S/c1-14-17-11-16(35-10-4-9-34(2)26(35)39)8-7-15(17)13-36(14)25(38)22-20(12-21(27(30,31)32)33-24(22)37)40-23-18(28)5-3-6-19(23)29/h3,5-8,11-12,14H,4,9-10,13H2,1-2H3,(H,33,37). The molecule has 1 unspecified atom stereocenters. The number of carbonyl (C=O) groups is 2. The Kier molecular flexibility index (Phi) is 7.82. The Labute approximate surface area is 248 Å². The smallest absolute Gasteiger partial charge is 0.327 e. The molecule has 210 valence electrons. The minimum atomic E-state index is -3.88. The van der Waals surface area contributed by atoms with Crippen molar-refractivity contribution in [2.24, 2.45) is 0 Å². The fraction of sp³-hybridized carbons (Fsp3) is 0.296. The quantitative estimate of drug-likeness (QED) is 0.306. The predicted molar refractivity (Wildman–Crippen MR) is 152 cm³/mol. The Hall–Kier alpha value is -2.79. The molecule has 0 saturated carbocycles. The number of nitrogens with zero attached hydrogens (tertiary/aromatic N) is 3. The lowest BCUT2D eigenvalue weighted by Gasteiger charge is -2.33. The number of urea groups is 1. The van der Waals surface area contributed by atoms with Gasteiger partial charge >= 0.3 is 11.4 Å². The van der Waals surface area contributed by atoms with Crippen molar-refractivity contribution < 1.29 is 18.4 Å². The number of fused-ring (bicyclic) bond motifs is 1. The lowest BCUT2D eigenvalue weighted by Crippen LogP contribution is -2.47. The van der Waals surface area contributed by atoms with Crippen molar-refractivity contribution in [3.63, 3.8) is 0 Å². The van der Waals surface area contributed by atoms with Crippen LogP contribution in [0.5, 0.6) is 0 Å². The van der Waals surface area contributed by atoms with E-state index in [9.17, 15) is 23.2 Å². The largest absolute Gasteiger partial charge is 0.362 e. The Bertz CT molecular complexity index is 1560. The van der Waals surface area contributed by atoms with Crippen LogP contribution < -0.4 is 10.5 Å². The number of benzene rings is 2. The van der Waals surface area contributed by atoms with E-state index in [1.807, 2.05) is 25.1 Å². The van der Waals surface area contributed by atoms with Crippen LogP contribution in [-0.2, 0) is 11.9 Å². The highest BCUT2D eigenvalue weighted by atomic mass is 35.5. The number of carbonyl (C=O) groups excluding carboxylic acids is 2. The molecule has 3 heterocycles. The highest BCUT2D eigenvalue weighted by molar-refractivity contribution is 7.99. The molecule has 0 bridgehead atoms. The summed E-state index contributed by atoms with van der Waals surface area (Å²) in [5.41, 5.74) is 0.187. The molecule has 1 N–H and O–H groups in total. The van der Waals surface area contributed by atoms with E-state index in [0.29, 0.717) is 23.7 Å². The molecular formula is C27H23Cl3F2N4O3S. The van der Waals surface area contributed by atoms with Crippen LogP contribution in [0.25, 0.3) is 0 Å². The Morgan fingerprint density at radius 3 is 2.48 bits per heavy atom. The molecule has 1 atom stereocenters. The number of amides is 3. The number of halogens is 5. The van der Waals surface area contributed by atoms with Gasteiger partial charge in [0.2, 0.25) is 0 Å². The number of hydrogen-bond acceptors (Lipinski definition) is 4. The van der Waals surface area contributed by atoms with E-state index in [1.165, 1.54) is 4.90 Å². The van der Waals surface area contributed by atoms with E-state index in [2.05, 4.69) is 4.98 Å². The first-order valence-electron chi connectivity index (χ1n) is 12.3. The highest BCUT2D eigenvalue weighted by Gasteiger charge is 2.37. The molecule has 1 aromatic heterocycles. The van der Waals surface area contributed by atoms with E-state index >= 15 is 0 Å². The summed E-state index contributed by atoms with van der Waals surface area (Å²) >= 11 is 18.6. The fourth-order valence-corrected chi connectivity index (χ4v) is 6.67. The van der Waals surface area contributed by atoms with Gasteiger partial charge in [0.15, 0.2) is 0 Å². The minimum Gasteiger partial charge on any atom is -0.327 e. The molecule has 2 aliphatic rings. The molecule has 7 nitrogen and oxygen atoms in total. The van der Waals surface area contributed by atoms with Crippen LogP contribution in [0.2, 0.25) is 10.0 Å². The van der Waals surface area contributed by atoms with Crippen LogP contribution in [0, 0.1) is 0 Å². The van der Waals surface area contributed by atoms with Gasteiger partial charge in [0.05, 0.1) is 16.1 Å². The van der Waals surface area contributed by atoms with Crippen LogP contribution in [0.4, 0.5) is 19.3 Å². The van der Waals surface area contributed by atoms with Crippen molar-refractivity contribution in [3.8, 4) is 0 Å². The summed E-state index contributed by atoms with van der Waals surface area (Å²) in [6.45, 7) is 3.26. The second-order valence-electron chi connectivity index (χ2n) is 9.60. The summed E-state index contributed by atoms with van der Waals surface area (Å²) in [4.78, 5) is 46.9. The summed E-state index contributed by atoms with van der Waals surface area (Å²) < 4.78 is 28.1. The molecule has 0 spiro atoms. The summed E-state index contributed by atoms with van der Waals surface area (Å²) in [6, 6.07) is 10.7. The predicted octanol–water partition coefficient (Wildman–Crippen LogP) is 7.10. The number of anilines is 1. The lowest BCUT2D eigenvalue weighted by atomic mass is 10.0. The SMILES string of the molecule is CC1c2cc(N3CCCN(C)C3=O)ccc2CN1C(=O)c1c(Sc2c(Cl)cccc2Cl)cc(C(F)(F)Cl)[nH]c1=O. The normalized spacial score (nSPS) is 17.4. The molecule has 2 aliphatic heterocycles. The van der Waals surface area contributed by atoms with E-state index in [4.69, 9.17) is 34.8 Å². The van der Waals surface area contributed by atoms with E-state index in [0.717, 1.165) is 35.4 Å². The number of aromatic amines is 1. The van der Waals surface area contributed by atoms with Crippen LogP contribution in [0.3, 0.4) is 0 Å². The van der Waals surface area contributed by atoms with Crippen LogP contribution in [0.15, 0.2) is 57.1 Å². The average Bonchev–Trinajstić information content (AvgIpc) is 3.22. The molecule has 2 aromatic carbocycles. The molecule has 3 amide bonds. The summed E-state index contributed by atoms with van der Waals surface area (Å²) in [5.74, 6) is -0.657. The molecule has 0 radical (unpaired) electrons. The van der Waals surface area contributed by atoms with Crippen molar-refractivity contribution >= 4 is 64.2 Å². The summed E-state index contributed by atoms with van der Waals surface area (Å²) in [7, 11) is 1.75. The number of nitrogens with one attached hydrogen (secondary N) is 1. The summed E-state index contributed by atoms with van der Waals surface area (Å²) in [6.07, 6.45) is 0.829. The zero-order valence-electron chi connectivity index (χ0n) is 21.3. The second kappa shape index (κ2) is 10.9. The molecular weight excluding hydrogens is 605 g/mol. The fourth-order valence-electron chi connectivity index (χ4n) is 4.93. The molecule has 13 heteroatoms. The maximum absolute atomic E-state index is 14.0. The number of alkyl halides is 3.